The van der Waals surface area contributed by atoms with Gasteiger partial charge in [0.1, 0.15) is 0 Å². The van der Waals surface area contributed by atoms with Crippen molar-refractivity contribution in [1.82, 2.24) is 0 Å². The molecule has 3 aromatic carbocycles. The van der Waals surface area contributed by atoms with E-state index in [0.29, 0.717) is 0 Å². The van der Waals surface area contributed by atoms with Crippen LogP contribution in [0.2, 0.25) is 0 Å². The lowest BCUT2D eigenvalue weighted by atomic mass is 10.0. The average molecular weight is 221 g/mol. The fourth-order valence-electron chi connectivity index (χ4n) is 1.96. The van der Waals surface area contributed by atoms with Crippen molar-refractivity contribution in [1.29, 1.82) is 0 Å². The van der Waals surface area contributed by atoms with Gasteiger partial charge in [-0.2, -0.15) is 0 Å². The van der Waals surface area contributed by atoms with Crippen molar-refractivity contribution >= 4 is 38.2 Å². The predicted octanol–water partition coefficient (Wildman–Crippen LogP) is 3.19. The van der Waals surface area contributed by atoms with Crippen LogP contribution < -0.4 is 5.73 Å². The van der Waals surface area contributed by atoms with E-state index < -0.39 is 0 Å². The Morgan fingerprint density at radius 3 is 1.88 bits per heavy atom. The number of hydrogen-bond acceptors (Lipinski definition) is 1. The Bertz CT molecular complexity index is 646. The van der Waals surface area contributed by atoms with Crippen molar-refractivity contribution in [2.24, 2.45) is 0 Å². The number of benzene rings is 3. The van der Waals surface area contributed by atoms with Crippen molar-refractivity contribution in [3.05, 3.63) is 54.6 Å². The van der Waals surface area contributed by atoms with Crippen LogP contribution in [0.5, 0.6) is 0 Å². The van der Waals surface area contributed by atoms with Gasteiger partial charge in [0.05, 0.1) is 0 Å². The maximum atomic E-state index is 5.77. The van der Waals surface area contributed by atoms with E-state index in [0.717, 1.165) is 5.69 Å². The summed E-state index contributed by atoms with van der Waals surface area (Å²) in [7, 11) is 0. The summed E-state index contributed by atoms with van der Waals surface area (Å²) >= 11 is 0. The van der Waals surface area contributed by atoms with Gasteiger partial charge in [-0.15, -0.1) is 0 Å². The molecule has 3 aromatic rings. The lowest BCUT2D eigenvalue weighted by Crippen LogP contribution is -1.83. The van der Waals surface area contributed by atoms with Crippen LogP contribution in [0.15, 0.2) is 54.6 Å². The molecule has 0 unspecified atom stereocenters. The summed E-state index contributed by atoms with van der Waals surface area (Å²) in [4.78, 5) is 0. The normalized spacial score (nSPS) is 10.2. The first kappa shape index (κ1) is 10.7. The van der Waals surface area contributed by atoms with Crippen LogP contribution in [0.1, 0.15) is 0 Å². The van der Waals surface area contributed by atoms with Crippen LogP contribution in [0, 0.1) is 0 Å². The van der Waals surface area contributed by atoms with E-state index in [1.165, 1.54) is 21.5 Å². The van der Waals surface area contributed by atoms with Crippen LogP contribution >= 0.6 is 0 Å². The lowest BCUT2D eigenvalue weighted by Gasteiger charge is -2.02. The molecule has 0 spiro atoms. The van der Waals surface area contributed by atoms with Crippen molar-refractivity contribution in [3.8, 4) is 0 Å². The molecule has 0 amide bonds. The highest BCUT2D eigenvalue weighted by Gasteiger charge is 1.97. The Morgan fingerprint density at radius 2 is 1.19 bits per heavy atom. The van der Waals surface area contributed by atoms with Gasteiger partial charge >= 0.3 is 0 Å². The standard InChI is InChI=1S/C14H11N.Si/c15-14-6-5-12-7-10-3-1-2-4-11(10)8-13(12)9-14;/h1-9H,15H2;. The molecular formula is C14H11NSi. The Kier molecular flexibility index (Phi) is 2.67. The van der Waals surface area contributed by atoms with Crippen molar-refractivity contribution in [2.75, 3.05) is 5.73 Å². The molecule has 76 valence electrons. The quantitative estimate of drug-likeness (QED) is 0.352. The minimum atomic E-state index is 0. The van der Waals surface area contributed by atoms with Gasteiger partial charge in [-0.1, -0.05) is 30.3 Å². The van der Waals surface area contributed by atoms with Gasteiger partial charge in [0.2, 0.25) is 0 Å². The molecule has 2 heteroatoms. The van der Waals surface area contributed by atoms with E-state index in [2.05, 4.69) is 42.5 Å². The molecule has 1 nitrogen and oxygen atoms in total. The Balaban J connectivity index is 0.000000963. The van der Waals surface area contributed by atoms with Gasteiger partial charge < -0.3 is 5.73 Å². The van der Waals surface area contributed by atoms with E-state index in [4.69, 9.17) is 5.73 Å². The number of rotatable bonds is 0. The van der Waals surface area contributed by atoms with Crippen LogP contribution in [0.4, 0.5) is 5.69 Å². The molecule has 0 atom stereocenters. The summed E-state index contributed by atoms with van der Waals surface area (Å²) in [5, 5.41) is 4.97. The van der Waals surface area contributed by atoms with Gasteiger partial charge in [0, 0.05) is 16.7 Å². The Labute approximate surface area is 98.9 Å². The topological polar surface area (TPSA) is 26.0 Å². The van der Waals surface area contributed by atoms with E-state index in [1.807, 2.05) is 12.1 Å². The third kappa shape index (κ3) is 1.68. The van der Waals surface area contributed by atoms with Gasteiger partial charge in [-0.25, -0.2) is 0 Å². The lowest BCUT2D eigenvalue weighted by molar-refractivity contribution is 1.74. The largest absolute Gasteiger partial charge is 0.399 e. The summed E-state index contributed by atoms with van der Waals surface area (Å²) in [5.74, 6) is 0. The molecule has 2 N–H and O–H groups in total. The van der Waals surface area contributed by atoms with Crippen molar-refractivity contribution < 1.29 is 0 Å². The highest BCUT2D eigenvalue weighted by molar-refractivity contribution is 5.99. The smallest absolute Gasteiger partial charge is 0.0320 e. The average Bonchev–Trinajstić information content (AvgIpc) is 2.26. The second kappa shape index (κ2) is 3.98. The minimum Gasteiger partial charge on any atom is -0.399 e. The molecular weight excluding hydrogens is 210 g/mol. The van der Waals surface area contributed by atoms with Gasteiger partial charge in [-0.3, -0.25) is 0 Å². The monoisotopic (exact) mass is 221 g/mol. The summed E-state index contributed by atoms with van der Waals surface area (Å²) < 4.78 is 0. The molecule has 0 saturated heterocycles. The molecule has 16 heavy (non-hydrogen) atoms. The van der Waals surface area contributed by atoms with E-state index in [1.54, 1.807) is 0 Å². The van der Waals surface area contributed by atoms with Crippen LogP contribution in [-0.2, 0) is 0 Å². The highest BCUT2D eigenvalue weighted by Crippen LogP contribution is 2.24. The molecule has 3 rings (SSSR count). The molecule has 0 heterocycles. The number of hydrogen-bond donors (Lipinski definition) is 1. The maximum absolute atomic E-state index is 5.77. The molecule has 0 aromatic heterocycles. The number of nitrogen functional groups attached to an aromatic ring is 1. The highest BCUT2D eigenvalue weighted by atomic mass is 28.1. The fourth-order valence-corrected chi connectivity index (χ4v) is 1.96. The predicted molar refractivity (Wildman–Crippen MR) is 71.6 cm³/mol. The molecule has 0 aliphatic rings. The third-order valence-corrected chi connectivity index (χ3v) is 2.73. The van der Waals surface area contributed by atoms with Crippen LogP contribution in [-0.4, -0.2) is 11.0 Å². The van der Waals surface area contributed by atoms with Crippen LogP contribution in [0.3, 0.4) is 0 Å². The number of fused-ring (bicyclic) bond motifs is 2. The first-order chi connectivity index (χ1) is 7.33. The molecule has 4 radical (unpaired) electrons. The molecule has 0 fully saturated rings. The number of nitrogens with two attached hydrogens (primary N) is 1. The fraction of sp³-hybridized carbons (Fsp3) is 0. The molecule has 0 aliphatic heterocycles. The molecule has 0 aliphatic carbocycles. The SMILES string of the molecule is Nc1ccc2cc3ccccc3cc2c1.[Si]. The van der Waals surface area contributed by atoms with E-state index in [9.17, 15) is 0 Å². The van der Waals surface area contributed by atoms with Crippen molar-refractivity contribution in [2.45, 2.75) is 0 Å². The first-order valence-electron chi connectivity index (χ1n) is 5.01. The summed E-state index contributed by atoms with van der Waals surface area (Å²) in [6.45, 7) is 0. The van der Waals surface area contributed by atoms with Gasteiger partial charge in [-0.05, 0) is 45.8 Å². The van der Waals surface area contributed by atoms with E-state index in [-0.39, 0.29) is 11.0 Å². The summed E-state index contributed by atoms with van der Waals surface area (Å²) in [6, 6.07) is 18.8. The summed E-state index contributed by atoms with van der Waals surface area (Å²) in [6.07, 6.45) is 0. The maximum Gasteiger partial charge on any atom is 0.0320 e. The minimum absolute atomic E-state index is 0. The van der Waals surface area contributed by atoms with Gasteiger partial charge in [0.25, 0.3) is 0 Å². The Hall–Kier alpha value is -1.80. The van der Waals surface area contributed by atoms with Crippen molar-refractivity contribution in [3.63, 3.8) is 0 Å². The van der Waals surface area contributed by atoms with Crippen LogP contribution in [0.25, 0.3) is 21.5 Å². The third-order valence-electron chi connectivity index (χ3n) is 2.73. The van der Waals surface area contributed by atoms with E-state index >= 15 is 0 Å². The zero-order valence-electron chi connectivity index (χ0n) is 8.77. The molecule has 0 saturated carbocycles. The molecule has 0 bridgehead atoms. The zero-order chi connectivity index (χ0) is 10.3. The summed E-state index contributed by atoms with van der Waals surface area (Å²) in [5.41, 5.74) is 6.59. The second-order valence-corrected chi connectivity index (χ2v) is 3.81. The second-order valence-electron chi connectivity index (χ2n) is 3.81. The zero-order valence-corrected chi connectivity index (χ0v) is 9.77. The Morgan fingerprint density at radius 1 is 0.625 bits per heavy atom. The first-order valence-corrected chi connectivity index (χ1v) is 5.01. The van der Waals surface area contributed by atoms with Gasteiger partial charge in [0.15, 0.2) is 0 Å². The number of anilines is 1.